The predicted molar refractivity (Wildman–Crippen MR) is 148 cm³/mol. The fraction of sp³-hybridized carbons (Fsp3) is 0.344. The van der Waals surface area contributed by atoms with Crippen LogP contribution in [0.2, 0.25) is 0 Å². The van der Waals surface area contributed by atoms with Gasteiger partial charge in [-0.1, -0.05) is 75.8 Å². The van der Waals surface area contributed by atoms with Crippen molar-refractivity contribution in [2.45, 2.75) is 64.8 Å². The third kappa shape index (κ3) is 9.77. The van der Waals surface area contributed by atoms with Crippen LogP contribution in [0, 0.1) is 10.2 Å². The molecule has 0 aliphatic carbocycles. The SMILES string of the molecule is CCCCCCCCCC[n+]1c(/C=C/c2c(O)ccc3ccccc23)ccc2cc(OC)ccc21.[O-][Cl+3]([O-])([O-])[O-]. The zero-order valence-electron chi connectivity index (χ0n) is 23.2. The number of rotatable bonds is 12. The summed E-state index contributed by atoms with van der Waals surface area (Å²) in [6, 6.07) is 22.6. The van der Waals surface area contributed by atoms with Crippen LogP contribution in [-0.4, -0.2) is 12.2 Å². The molecule has 0 amide bonds. The molecule has 1 aromatic heterocycles. The molecule has 0 bridgehead atoms. The summed E-state index contributed by atoms with van der Waals surface area (Å²) in [6.45, 7) is 3.24. The number of aryl methyl sites for hydroxylation is 1. The van der Waals surface area contributed by atoms with Gasteiger partial charge < -0.3 is 9.84 Å². The molecule has 1 heterocycles. The molecule has 0 unspecified atom stereocenters. The zero-order valence-corrected chi connectivity index (χ0v) is 23.9. The molecular formula is C32H38ClNO6. The second kappa shape index (κ2) is 15.6. The van der Waals surface area contributed by atoms with Gasteiger partial charge in [0, 0.05) is 30.2 Å². The van der Waals surface area contributed by atoms with Gasteiger partial charge in [-0.3, -0.25) is 0 Å². The summed E-state index contributed by atoms with van der Waals surface area (Å²) in [5.74, 6) is 1.18. The molecular weight excluding hydrogens is 530 g/mol. The smallest absolute Gasteiger partial charge is 0.213 e. The van der Waals surface area contributed by atoms with Crippen molar-refractivity contribution in [3.8, 4) is 11.5 Å². The largest absolute Gasteiger partial charge is 0.507 e. The van der Waals surface area contributed by atoms with Crippen LogP contribution in [-0.2, 0) is 6.54 Å². The van der Waals surface area contributed by atoms with Crippen LogP contribution < -0.4 is 27.9 Å². The Morgan fingerprint density at radius 2 is 1.43 bits per heavy atom. The summed E-state index contributed by atoms with van der Waals surface area (Å²) in [4.78, 5) is 0. The molecule has 0 fully saturated rings. The molecule has 0 aliphatic rings. The Bertz CT molecular complexity index is 1390. The van der Waals surface area contributed by atoms with Gasteiger partial charge in [-0.15, -0.1) is 10.2 Å². The minimum Gasteiger partial charge on any atom is -0.507 e. The van der Waals surface area contributed by atoms with E-state index in [1.807, 2.05) is 30.3 Å². The average molecular weight is 568 g/mol. The number of nitrogens with zero attached hydrogens (tertiary/aromatic N) is 1. The number of ether oxygens (including phenoxy) is 1. The van der Waals surface area contributed by atoms with Crippen LogP contribution in [0.3, 0.4) is 0 Å². The number of aromatic nitrogens is 1. The summed E-state index contributed by atoms with van der Waals surface area (Å²) in [5.41, 5.74) is 3.20. The molecule has 0 aliphatic heterocycles. The van der Waals surface area contributed by atoms with Crippen LogP contribution in [0.25, 0.3) is 33.8 Å². The number of benzene rings is 3. The van der Waals surface area contributed by atoms with Crippen LogP contribution >= 0.6 is 0 Å². The fourth-order valence-corrected chi connectivity index (χ4v) is 4.87. The van der Waals surface area contributed by atoms with E-state index in [0.717, 1.165) is 40.7 Å². The molecule has 0 radical (unpaired) electrons. The Kier molecular flexibility index (Phi) is 12.2. The molecule has 0 saturated carbocycles. The van der Waals surface area contributed by atoms with Crippen molar-refractivity contribution in [3.05, 3.63) is 78.0 Å². The van der Waals surface area contributed by atoms with E-state index in [0.29, 0.717) is 5.75 Å². The molecule has 0 spiro atoms. The number of halogens is 1. The summed E-state index contributed by atoms with van der Waals surface area (Å²) >= 11 is 0. The van der Waals surface area contributed by atoms with E-state index in [2.05, 4.69) is 54.0 Å². The molecule has 1 N–H and O–H groups in total. The summed E-state index contributed by atoms with van der Waals surface area (Å²) in [7, 11) is -3.23. The third-order valence-electron chi connectivity index (χ3n) is 6.87. The average Bonchev–Trinajstić information content (AvgIpc) is 2.93. The van der Waals surface area contributed by atoms with E-state index >= 15 is 0 Å². The second-order valence-corrected chi connectivity index (χ2v) is 10.5. The van der Waals surface area contributed by atoms with E-state index in [9.17, 15) is 5.11 Å². The molecule has 4 rings (SSSR count). The minimum absolute atomic E-state index is 0.306. The number of fused-ring (bicyclic) bond motifs is 2. The molecule has 214 valence electrons. The quantitative estimate of drug-likeness (QED) is 0.206. The minimum atomic E-state index is -4.94. The van der Waals surface area contributed by atoms with E-state index < -0.39 is 10.2 Å². The highest BCUT2D eigenvalue weighted by Crippen LogP contribution is 2.29. The van der Waals surface area contributed by atoms with Crippen LogP contribution in [0.15, 0.2) is 66.7 Å². The van der Waals surface area contributed by atoms with Crippen molar-refractivity contribution in [1.29, 1.82) is 0 Å². The van der Waals surface area contributed by atoms with Crippen molar-refractivity contribution >= 4 is 33.8 Å². The first kappa shape index (κ1) is 31.3. The van der Waals surface area contributed by atoms with Gasteiger partial charge >= 0.3 is 0 Å². The van der Waals surface area contributed by atoms with Gasteiger partial charge in [-0.2, -0.15) is 4.57 Å². The lowest BCUT2D eigenvalue weighted by atomic mass is 10.0. The van der Waals surface area contributed by atoms with Crippen LogP contribution in [0.5, 0.6) is 11.5 Å². The van der Waals surface area contributed by atoms with Gasteiger partial charge in [-0.05, 0) is 47.5 Å². The topological polar surface area (TPSA) is 126 Å². The predicted octanol–water partition coefficient (Wildman–Crippen LogP) is 3.55. The maximum atomic E-state index is 10.6. The van der Waals surface area contributed by atoms with E-state index in [1.54, 1.807) is 13.2 Å². The lowest BCUT2D eigenvalue weighted by Crippen LogP contribution is -2.68. The highest BCUT2D eigenvalue weighted by Gasteiger charge is 2.15. The monoisotopic (exact) mass is 567 g/mol. The summed E-state index contributed by atoms with van der Waals surface area (Å²) in [6.07, 6.45) is 14.6. The zero-order chi connectivity index (χ0) is 29.0. The number of unbranched alkanes of at least 4 members (excludes halogenated alkanes) is 7. The molecule has 0 saturated heterocycles. The molecule has 8 heteroatoms. The van der Waals surface area contributed by atoms with Gasteiger partial charge in [-0.25, -0.2) is 18.6 Å². The number of aromatic hydroxyl groups is 1. The first-order chi connectivity index (χ1) is 19.2. The Balaban J connectivity index is 0.000000810. The van der Waals surface area contributed by atoms with Crippen LogP contribution in [0.1, 0.15) is 69.5 Å². The number of methoxy groups -OCH3 is 1. The Morgan fingerprint density at radius 3 is 2.12 bits per heavy atom. The van der Waals surface area contributed by atoms with Crippen molar-refractivity contribution < 1.29 is 43.3 Å². The van der Waals surface area contributed by atoms with Crippen molar-refractivity contribution in [3.63, 3.8) is 0 Å². The van der Waals surface area contributed by atoms with Gasteiger partial charge in [0.25, 0.3) is 0 Å². The van der Waals surface area contributed by atoms with Gasteiger partial charge in [0.1, 0.15) is 18.0 Å². The maximum Gasteiger partial charge on any atom is 0.213 e. The molecule has 0 atom stereocenters. The Morgan fingerprint density at radius 1 is 0.775 bits per heavy atom. The number of hydrogen-bond donors (Lipinski definition) is 1. The second-order valence-electron chi connectivity index (χ2n) is 9.74. The lowest BCUT2D eigenvalue weighted by molar-refractivity contribution is -2.00. The highest BCUT2D eigenvalue weighted by molar-refractivity contribution is 5.95. The van der Waals surface area contributed by atoms with Crippen molar-refractivity contribution in [2.24, 2.45) is 0 Å². The van der Waals surface area contributed by atoms with Gasteiger partial charge in [0.15, 0.2) is 0 Å². The lowest BCUT2D eigenvalue weighted by Gasteiger charge is -2.17. The normalized spacial score (nSPS) is 11.7. The number of phenolic OH excluding ortho intramolecular Hbond substituents is 1. The standard InChI is InChI=1S/C32H37NO2.ClHO4/c1-3-4-5-6-7-8-9-12-23-33-27(17-15-26-24-28(35-2)19-21-31(26)33)18-20-30-29-14-11-10-13-25(29)16-22-32(30)34;2-1(3,4)5/h10-11,13-22,24H,3-9,12,23H2,1-2H3;(H,2,3,4,5). The molecule has 7 nitrogen and oxygen atoms in total. The number of hydrogen-bond acceptors (Lipinski definition) is 6. The molecule has 4 aromatic rings. The van der Waals surface area contributed by atoms with Crippen molar-refractivity contribution in [1.82, 2.24) is 0 Å². The summed E-state index contributed by atoms with van der Waals surface area (Å²) < 4.78 is 41.8. The Hall–Kier alpha value is -3.20. The third-order valence-corrected chi connectivity index (χ3v) is 6.87. The molecule has 40 heavy (non-hydrogen) atoms. The van der Waals surface area contributed by atoms with E-state index in [4.69, 9.17) is 23.4 Å². The first-order valence-corrected chi connectivity index (χ1v) is 15.0. The van der Waals surface area contributed by atoms with Crippen LogP contribution in [0.4, 0.5) is 0 Å². The maximum absolute atomic E-state index is 10.6. The summed E-state index contributed by atoms with van der Waals surface area (Å²) in [5, 5.41) is 14.0. The van der Waals surface area contributed by atoms with E-state index in [-0.39, 0.29) is 0 Å². The number of phenols is 1. The van der Waals surface area contributed by atoms with E-state index in [1.165, 1.54) is 55.8 Å². The molecule has 3 aromatic carbocycles. The van der Waals surface area contributed by atoms with Gasteiger partial charge in [0.2, 0.25) is 11.2 Å². The number of pyridine rings is 1. The van der Waals surface area contributed by atoms with Crippen molar-refractivity contribution in [2.75, 3.05) is 7.11 Å². The first-order valence-electron chi connectivity index (χ1n) is 13.7. The fourth-order valence-electron chi connectivity index (χ4n) is 4.87. The van der Waals surface area contributed by atoms with Gasteiger partial charge in [0.05, 0.1) is 12.5 Å². The highest BCUT2D eigenvalue weighted by atomic mass is 35.7. The Labute approximate surface area is 238 Å².